The average Bonchev–Trinajstić information content (AvgIpc) is 2.64. The van der Waals surface area contributed by atoms with Gasteiger partial charge in [-0.25, -0.2) is 8.42 Å². The molecule has 0 aliphatic rings. The van der Waals surface area contributed by atoms with Crippen LogP contribution in [0.15, 0.2) is 59.8 Å². The Morgan fingerprint density at radius 1 is 0.923 bits per heavy atom. The van der Waals surface area contributed by atoms with Gasteiger partial charge in [-0.15, -0.1) is 0 Å². The van der Waals surface area contributed by atoms with Crippen molar-refractivity contribution in [1.29, 1.82) is 0 Å². The highest BCUT2D eigenvalue weighted by molar-refractivity contribution is 7.90. The smallest absolute Gasteiger partial charge is 0.175 e. The third-order valence-corrected chi connectivity index (χ3v) is 4.97. The van der Waals surface area contributed by atoms with Gasteiger partial charge in [-0.2, -0.15) is 0 Å². The fourth-order valence-corrected chi connectivity index (χ4v) is 3.17. The van der Waals surface area contributed by atoms with Gasteiger partial charge in [-0.1, -0.05) is 23.7 Å². The summed E-state index contributed by atoms with van der Waals surface area (Å²) in [5, 5.41) is 7.51. The number of aromatic nitrogens is 2. The third kappa shape index (κ3) is 4.66. The van der Waals surface area contributed by atoms with Gasteiger partial charge < -0.3 is 5.11 Å². The summed E-state index contributed by atoms with van der Waals surface area (Å²) in [7, 11) is -2.23. The molecule has 0 atom stereocenters. The molecule has 2 heterocycles. The molecular weight excluding hydrogens is 372 g/mol. The summed E-state index contributed by atoms with van der Waals surface area (Å²) in [4.78, 5) is 9.02. The Kier molecular flexibility index (Phi) is 6.47. The molecular formula is C19H19ClN2O3S. The van der Waals surface area contributed by atoms with Gasteiger partial charge in [-0.05, 0) is 42.8 Å². The summed E-state index contributed by atoms with van der Waals surface area (Å²) in [6.07, 6.45) is 4.54. The van der Waals surface area contributed by atoms with Crippen molar-refractivity contribution >= 4 is 21.4 Å². The molecule has 0 fully saturated rings. The molecule has 136 valence electrons. The Hall–Kier alpha value is -2.28. The van der Waals surface area contributed by atoms with Gasteiger partial charge in [0.1, 0.15) is 0 Å². The first kappa shape index (κ1) is 20.0. The van der Waals surface area contributed by atoms with Crippen LogP contribution in [0.5, 0.6) is 0 Å². The minimum absolute atomic E-state index is 0.278. The monoisotopic (exact) mass is 390 g/mol. The van der Waals surface area contributed by atoms with E-state index in [2.05, 4.69) is 9.97 Å². The second kappa shape index (κ2) is 8.40. The van der Waals surface area contributed by atoms with Crippen LogP contribution in [-0.2, 0) is 9.84 Å². The molecule has 0 amide bonds. The molecule has 0 unspecified atom stereocenters. The number of pyridine rings is 2. The predicted molar refractivity (Wildman–Crippen MR) is 104 cm³/mol. The van der Waals surface area contributed by atoms with Gasteiger partial charge >= 0.3 is 0 Å². The van der Waals surface area contributed by atoms with E-state index in [0.29, 0.717) is 5.02 Å². The largest absolute Gasteiger partial charge is 0.400 e. The fraction of sp³-hybridized carbons (Fsp3) is 0.158. The van der Waals surface area contributed by atoms with Gasteiger partial charge in [0.25, 0.3) is 0 Å². The van der Waals surface area contributed by atoms with E-state index in [-0.39, 0.29) is 4.90 Å². The number of sulfone groups is 1. The molecule has 26 heavy (non-hydrogen) atoms. The van der Waals surface area contributed by atoms with E-state index in [9.17, 15) is 8.42 Å². The lowest BCUT2D eigenvalue weighted by atomic mass is 10.0. The van der Waals surface area contributed by atoms with Crippen molar-refractivity contribution in [3.63, 3.8) is 0 Å². The number of rotatable bonds is 3. The van der Waals surface area contributed by atoms with E-state index in [4.69, 9.17) is 16.7 Å². The normalized spacial score (nSPS) is 10.8. The minimum atomic E-state index is -3.23. The lowest BCUT2D eigenvalue weighted by Gasteiger charge is -2.10. The number of aliphatic hydroxyl groups is 1. The average molecular weight is 391 g/mol. The van der Waals surface area contributed by atoms with Crippen LogP contribution < -0.4 is 0 Å². The van der Waals surface area contributed by atoms with E-state index >= 15 is 0 Å². The molecule has 0 saturated carbocycles. The Balaban J connectivity index is 0.00000117. The zero-order valence-electron chi connectivity index (χ0n) is 14.6. The van der Waals surface area contributed by atoms with Crippen LogP contribution in [-0.4, -0.2) is 36.9 Å². The van der Waals surface area contributed by atoms with Crippen molar-refractivity contribution in [2.45, 2.75) is 11.8 Å². The first-order chi connectivity index (χ1) is 12.3. The van der Waals surface area contributed by atoms with Crippen LogP contribution in [0.25, 0.3) is 22.4 Å². The van der Waals surface area contributed by atoms with Crippen molar-refractivity contribution in [1.82, 2.24) is 9.97 Å². The van der Waals surface area contributed by atoms with Gasteiger partial charge in [-0.3, -0.25) is 9.97 Å². The number of hydrogen-bond acceptors (Lipinski definition) is 5. The molecule has 3 aromatic rings. The van der Waals surface area contributed by atoms with Crippen LogP contribution in [0, 0.1) is 6.92 Å². The van der Waals surface area contributed by atoms with Crippen molar-refractivity contribution in [2.75, 3.05) is 13.4 Å². The number of aliphatic hydroxyl groups excluding tert-OH is 1. The number of nitrogens with zero attached hydrogens (tertiary/aromatic N) is 2. The Morgan fingerprint density at radius 3 is 2.08 bits per heavy atom. The summed E-state index contributed by atoms with van der Waals surface area (Å²) in [6.45, 7) is 1.92. The summed E-state index contributed by atoms with van der Waals surface area (Å²) in [5.41, 5.74) is 4.21. The molecule has 0 bridgehead atoms. The summed E-state index contributed by atoms with van der Waals surface area (Å²) < 4.78 is 23.2. The topological polar surface area (TPSA) is 80.2 Å². The van der Waals surface area contributed by atoms with E-state index in [0.717, 1.165) is 35.2 Å². The molecule has 2 aromatic heterocycles. The maximum atomic E-state index is 11.6. The highest BCUT2D eigenvalue weighted by atomic mass is 35.5. The van der Waals surface area contributed by atoms with Crippen molar-refractivity contribution in [3.05, 3.63) is 65.6 Å². The first-order valence-corrected chi connectivity index (χ1v) is 9.95. The van der Waals surface area contributed by atoms with Gasteiger partial charge in [0.15, 0.2) is 9.84 Å². The zero-order chi connectivity index (χ0) is 19.3. The Labute approximate surface area is 158 Å². The number of halogens is 1. The molecule has 0 aliphatic heterocycles. The van der Waals surface area contributed by atoms with Gasteiger partial charge in [0.2, 0.25) is 0 Å². The molecule has 0 aliphatic carbocycles. The Bertz CT molecular complexity index is 986. The molecule has 0 radical (unpaired) electrons. The van der Waals surface area contributed by atoms with Crippen LogP contribution in [0.2, 0.25) is 5.02 Å². The van der Waals surface area contributed by atoms with Crippen molar-refractivity contribution in [2.24, 2.45) is 0 Å². The van der Waals surface area contributed by atoms with E-state index < -0.39 is 9.84 Å². The number of benzene rings is 1. The lowest BCUT2D eigenvalue weighted by Crippen LogP contribution is -1.97. The van der Waals surface area contributed by atoms with E-state index in [1.165, 1.54) is 6.26 Å². The SMILES string of the molecule is CO.Cc1ccc(-c2ncc(Cl)cc2-c2ccc(S(C)(=O)=O)cc2)cn1. The highest BCUT2D eigenvalue weighted by Crippen LogP contribution is 2.32. The number of aryl methyl sites for hydroxylation is 1. The zero-order valence-corrected chi connectivity index (χ0v) is 16.2. The van der Waals surface area contributed by atoms with E-state index in [1.54, 1.807) is 36.7 Å². The minimum Gasteiger partial charge on any atom is -0.400 e. The molecule has 7 heteroatoms. The standard InChI is InChI=1S/C18H15ClN2O2S.CH4O/c1-12-3-4-14(10-20-12)18-17(9-15(19)11-21-18)13-5-7-16(8-6-13)24(2,22)23;1-2/h3-11H,1-2H3;2H,1H3. The maximum absolute atomic E-state index is 11.6. The third-order valence-electron chi connectivity index (χ3n) is 3.63. The maximum Gasteiger partial charge on any atom is 0.175 e. The molecule has 3 rings (SSSR count). The van der Waals surface area contributed by atoms with Crippen LogP contribution >= 0.6 is 11.6 Å². The van der Waals surface area contributed by atoms with Crippen LogP contribution in [0.1, 0.15) is 5.69 Å². The summed E-state index contributed by atoms with van der Waals surface area (Å²) in [6, 6.07) is 12.4. The van der Waals surface area contributed by atoms with Gasteiger partial charge in [0, 0.05) is 42.6 Å². The molecule has 1 N–H and O–H groups in total. The summed E-state index contributed by atoms with van der Waals surface area (Å²) in [5.74, 6) is 0. The van der Waals surface area contributed by atoms with Crippen LogP contribution in [0.3, 0.4) is 0 Å². The molecule has 1 aromatic carbocycles. The second-order valence-electron chi connectivity index (χ2n) is 5.53. The second-order valence-corrected chi connectivity index (χ2v) is 7.99. The van der Waals surface area contributed by atoms with Crippen molar-refractivity contribution < 1.29 is 13.5 Å². The van der Waals surface area contributed by atoms with E-state index in [1.807, 2.05) is 25.1 Å². The van der Waals surface area contributed by atoms with Crippen molar-refractivity contribution in [3.8, 4) is 22.4 Å². The highest BCUT2D eigenvalue weighted by Gasteiger charge is 2.12. The molecule has 0 spiro atoms. The van der Waals surface area contributed by atoms with Crippen LogP contribution in [0.4, 0.5) is 0 Å². The predicted octanol–water partition coefficient (Wildman–Crippen LogP) is 3.78. The summed E-state index contributed by atoms with van der Waals surface area (Å²) >= 11 is 6.11. The number of hydrogen-bond donors (Lipinski definition) is 1. The molecule has 0 saturated heterocycles. The first-order valence-electron chi connectivity index (χ1n) is 7.68. The lowest BCUT2D eigenvalue weighted by molar-refractivity contribution is 0.399. The Morgan fingerprint density at radius 2 is 1.54 bits per heavy atom. The van der Waals surface area contributed by atoms with Gasteiger partial charge in [0.05, 0.1) is 15.6 Å². The quantitative estimate of drug-likeness (QED) is 0.736. The molecule has 5 nitrogen and oxygen atoms in total. The fourth-order valence-electron chi connectivity index (χ4n) is 2.38.